The second-order valence-corrected chi connectivity index (χ2v) is 5.36. The molecular formula is C19H24N2O3. The van der Waals surface area contributed by atoms with Crippen LogP contribution in [0.15, 0.2) is 54.6 Å². The Kier molecular flexibility index (Phi) is 7.26. The van der Waals surface area contributed by atoms with Crippen LogP contribution >= 0.6 is 0 Å². The highest BCUT2D eigenvalue weighted by molar-refractivity contribution is 5.90. The molecule has 0 fully saturated rings. The first-order chi connectivity index (χ1) is 11.7. The minimum absolute atomic E-state index is 0.0825. The Balaban J connectivity index is 2.07. The number of aliphatic hydroxyl groups is 1. The summed E-state index contributed by atoms with van der Waals surface area (Å²) in [7, 11) is 0. The topological polar surface area (TPSA) is 61.8 Å². The van der Waals surface area contributed by atoms with Gasteiger partial charge in [0.05, 0.1) is 13.2 Å². The van der Waals surface area contributed by atoms with Crippen LogP contribution in [0.5, 0.6) is 0 Å². The van der Waals surface area contributed by atoms with E-state index in [2.05, 4.69) is 5.32 Å². The Morgan fingerprint density at radius 1 is 1.12 bits per heavy atom. The van der Waals surface area contributed by atoms with E-state index >= 15 is 0 Å². The van der Waals surface area contributed by atoms with Crippen molar-refractivity contribution in [3.63, 3.8) is 0 Å². The van der Waals surface area contributed by atoms with Gasteiger partial charge in [0.15, 0.2) is 0 Å². The number of anilines is 1. The number of nitrogens with zero attached hydrogens (tertiary/aromatic N) is 1. The Bertz CT molecular complexity index is 632. The lowest BCUT2D eigenvalue weighted by atomic mass is 10.2. The third-order valence-corrected chi connectivity index (χ3v) is 3.59. The molecule has 0 saturated carbocycles. The molecule has 0 unspecified atom stereocenters. The van der Waals surface area contributed by atoms with Crippen molar-refractivity contribution in [3.8, 4) is 0 Å². The first kappa shape index (κ1) is 18.0. The normalized spacial score (nSPS) is 10.4. The highest BCUT2D eigenvalue weighted by Gasteiger charge is 2.15. The van der Waals surface area contributed by atoms with Crippen molar-refractivity contribution in [2.75, 3.05) is 25.1 Å². The average molecular weight is 328 g/mol. The highest BCUT2D eigenvalue weighted by Crippen LogP contribution is 2.17. The molecule has 0 aliphatic rings. The Hall–Kier alpha value is -2.37. The SMILES string of the molecule is CCOCc1ccccc1NC(=O)N(CCO)Cc1ccccc1. The maximum Gasteiger partial charge on any atom is 0.322 e. The van der Waals surface area contributed by atoms with E-state index in [1.54, 1.807) is 4.90 Å². The van der Waals surface area contributed by atoms with Gasteiger partial charge in [0, 0.05) is 30.9 Å². The molecule has 2 rings (SSSR count). The van der Waals surface area contributed by atoms with E-state index < -0.39 is 0 Å². The van der Waals surface area contributed by atoms with Crippen molar-refractivity contribution in [3.05, 3.63) is 65.7 Å². The number of amides is 2. The largest absolute Gasteiger partial charge is 0.395 e. The van der Waals surface area contributed by atoms with Crippen LogP contribution in [0.2, 0.25) is 0 Å². The van der Waals surface area contributed by atoms with Gasteiger partial charge in [-0.1, -0.05) is 48.5 Å². The minimum atomic E-state index is -0.239. The summed E-state index contributed by atoms with van der Waals surface area (Å²) in [5.41, 5.74) is 2.67. The zero-order valence-corrected chi connectivity index (χ0v) is 13.9. The third-order valence-electron chi connectivity index (χ3n) is 3.59. The molecule has 0 aliphatic carbocycles. The van der Waals surface area contributed by atoms with E-state index in [0.717, 1.165) is 16.8 Å². The Morgan fingerprint density at radius 3 is 2.54 bits per heavy atom. The molecule has 5 heteroatoms. The summed E-state index contributed by atoms with van der Waals surface area (Å²) in [5.74, 6) is 0. The number of nitrogens with one attached hydrogen (secondary N) is 1. The molecule has 2 aromatic rings. The van der Waals surface area contributed by atoms with Gasteiger partial charge in [0.1, 0.15) is 0 Å². The lowest BCUT2D eigenvalue weighted by Crippen LogP contribution is -2.36. The number of benzene rings is 2. The van der Waals surface area contributed by atoms with Gasteiger partial charge in [-0.3, -0.25) is 0 Å². The number of ether oxygens (including phenoxy) is 1. The first-order valence-electron chi connectivity index (χ1n) is 8.11. The second kappa shape index (κ2) is 9.70. The van der Waals surface area contributed by atoms with Crippen molar-refractivity contribution >= 4 is 11.7 Å². The fourth-order valence-electron chi connectivity index (χ4n) is 2.35. The number of para-hydroxylation sites is 1. The summed E-state index contributed by atoms with van der Waals surface area (Å²) in [6.45, 7) is 3.64. The molecule has 0 bridgehead atoms. The maximum absolute atomic E-state index is 12.6. The molecule has 128 valence electrons. The molecule has 2 amide bonds. The molecule has 0 saturated heterocycles. The van der Waals surface area contributed by atoms with Crippen molar-refractivity contribution < 1.29 is 14.6 Å². The van der Waals surface area contributed by atoms with E-state index in [-0.39, 0.29) is 19.2 Å². The fraction of sp³-hybridized carbons (Fsp3) is 0.316. The summed E-state index contributed by atoms with van der Waals surface area (Å²) in [5, 5.41) is 12.2. The van der Waals surface area contributed by atoms with Crippen LogP contribution < -0.4 is 5.32 Å². The van der Waals surface area contributed by atoms with Gasteiger partial charge in [0.2, 0.25) is 0 Å². The molecule has 0 spiro atoms. The van der Waals surface area contributed by atoms with Crippen molar-refractivity contribution in [1.29, 1.82) is 0 Å². The van der Waals surface area contributed by atoms with Gasteiger partial charge in [0.25, 0.3) is 0 Å². The fourth-order valence-corrected chi connectivity index (χ4v) is 2.35. The molecule has 0 radical (unpaired) electrons. The molecule has 2 N–H and O–H groups in total. The van der Waals surface area contributed by atoms with Crippen LogP contribution in [-0.4, -0.2) is 35.8 Å². The number of urea groups is 1. The molecule has 2 aromatic carbocycles. The molecule has 24 heavy (non-hydrogen) atoms. The monoisotopic (exact) mass is 328 g/mol. The van der Waals surface area contributed by atoms with Gasteiger partial charge in [-0.25, -0.2) is 4.79 Å². The smallest absolute Gasteiger partial charge is 0.322 e. The zero-order valence-electron chi connectivity index (χ0n) is 13.9. The molecule has 0 aliphatic heterocycles. The molecule has 0 aromatic heterocycles. The predicted molar refractivity (Wildman–Crippen MR) is 94.7 cm³/mol. The standard InChI is InChI=1S/C19H24N2O3/c1-2-24-15-17-10-6-7-11-18(17)20-19(23)21(12-13-22)14-16-8-4-3-5-9-16/h3-11,22H,2,12-15H2,1H3,(H,20,23). The van der Waals surface area contributed by atoms with E-state index in [9.17, 15) is 9.90 Å². The van der Waals surface area contributed by atoms with Gasteiger partial charge in [-0.2, -0.15) is 0 Å². The lowest BCUT2D eigenvalue weighted by molar-refractivity contribution is 0.134. The number of rotatable bonds is 8. The van der Waals surface area contributed by atoms with Crippen LogP contribution in [0, 0.1) is 0 Å². The summed E-state index contributed by atoms with van der Waals surface area (Å²) < 4.78 is 5.44. The van der Waals surface area contributed by atoms with E-state index in [1.807, 2.05) is 61.5 Å². The summed E-state index contributed by atoms with van der Waals surface area (Å²) in [6.07, 6.45) is 0. The van der Waals surface area contributed by atoms with Gasteiger partial charge >= 0.3 is 6.03 Å². The van der Waals surface area contributed by atoms with Gasteiger partial charge in [-0.15, -0.1) is 0 Å². The number of hydrogen-bond acceptors (Lipinski definition) is 3. The van der Waals surface area contributed by atoms with E-state index in [4.69, 9.17) is 4.74 Å². The molecule has 5 nitrogen and oxygen atoms in total. The van der Waals surface area contributed by atoms with Crippen molar-refractivity contribution in [2.45, 2.75) is 20.1 Å². The number of carbonyl (C=O) groups excluding carboxylic acids is 1. The Labute approximate surface area is 142 Å². The van der Waals surface area contributed by atoms with E-state index in [0.29, 0.717) is 19.8 Å². The average Bonchev–Trinajstić information content (AvgIpc) is 2.61. The molecular weight excluding hydrogens is 304 g/mol. The maximum atomic E-state index is 12.6. The quantitative estimate of drug-likeness (QED) is 0.782. The van der Waals surface area contributed by atoms with Crippen LogP contribution in [0.3, 0.4) is 0 Å². The molecule has 0 atom stereocenters. The minimum Gasteiger partial charge on any atom is -0.395 e. The Morgan fingerprint density at radius 2 is 1.83 bits per heavy atom. The number of aliphatic hydroxyl groups excluding tert-OH is 1. The summed E-state index contributed by atoms with van der Waals surface area (Å²) >= 11 is 0. The van der Waals surface area contributed by atoms with Crippen LogP contribution in [0.4, 0.5) is 10.5 Å². The van der Waals surface area contributed by atoms with Crippen LogP contribution in [0.1, 0.15) is 18.1 Å². The van der Waals surface area contributed by atoms with E-state index in [1.165, 1.54) is 0 Å². The second-order valence-electron chi connectivity index (χ2n) is 5.36. The molecule has 0 heterocycles. The predicted octanol–water partition coefficient (Wildman–Crippen LogP) is 3.25. The van der Waals surface area contributed by atoms with Gasteiger partial charge in [-0.05, 0) is 18.6 Å². The summed E-state index contributed by atoms with van der Waals surface area (Å²) in [6, 6.07) is 17.1. The third kappa shape index (κ3) is 5.37. The highest BCUT2D eigenvalue weighted by atomic mass is 16.5. The summed E-state index contributed by atoms with van der Waals surface area (Å²) in [4.78, 5) is 14.2. The van der Waals surface area contributed by atoms with Crippen molar-refractivity contribution in [2.24, 2.45) is 0 Å². The van der Waals surface area contributed by atoms with Crippen molar-refractivity contribution in [1.82, 2.24) is 4.90 Å². The van der Waals surface area contributed by atoms with Gasteiger partial charge < -0.3 is 20.1 Å². The van der Waals surface area contributed by atoms with Crippen LogP contribution in [0.25, 0.3) is 0 Å². The first-order valence-corrected chi connectivity index (χ1v) is 8.11. The number of hydrogen-bond donors (Lipinski definition) is 2. The zero-order chi connectivity index (χ0) is 17.2. The van der Waals surface area contributed by atoms with Crippen LogP contribution in [-0.2, 0) is 17.9 Å². The lowest BCUT2D eigenvalue weighted by Gasteiger charge is -2.23. The number of carbonyl (C=O) groups is 1.